The minimum Gasteiger partial charge on any atom is -0.376 e. The molecular weight excluding hydrogens is 346 g/mol. The maximum Gasteiger partial charge on any atom is 0.242 e. The number of aryl methyl sites for hydroxylation is 1. The van der Waals surface area contributed by atoms with Gasteiger partial charge in [-0.15, -0.1) is 0 Å². The number of hydrogen-bond donors (Lipinski definition) is 2. The predicted molar refractivity (Wildman–Crippen MR) is 100.0 cm³/mol. The largest absolute Gasteiger partial charge is 0.376 e. The zero-order chi connectivity index (χ0) is 17.9. The minimum atomic E-state index is -3.49. The van der Waals surface area contributed by atoms with Crippen LogP contribution in [-0.4, -0.2) is 51.2 Å². The maximum absolute atomic E-state index is 12.4. The van der Waals surface area contributed by atoms with Gasteiger partial charge in [-0.3, -0.25) is 0 Å². The molecule has 0 bridgehead atoms. The van der Waals surface area contributed by atoms with Gasteiger partial charge in [-0.1, -0.05) is 0 Å². The number of nitrogens with one attached hydrogen (secondary N) is 2. The molecule has 2 N–H and O–H groups in total. The molecule has 1 aromatic carbocycles. The number of benzene rings is 1. The lowest BCUT2D eigenvalue weighted by molar-refractivity contribution is 0.114. The average molecular weight is 372 g/mol. The lowest BCUT2D eigenvalue weighted by atomic mass is 10.1. The first-order valence-corrected chi connectivity index (χ1v) is 9.77. The van der Waals surface area contributed by atoms with E-state index in [0.717, 1.165) is 30.6 Å². The molecule has 1 atom stereocenters. The Morgan fingerprint density at radius 2 is 2.08 bits per heavy atom. The molecule has 1 aliphatic heterocycles. The van der Waals surface area contributed by atoms with E-state index in [0.29, 0.717) is 17.3 Å². The topological polar surface area (TPSA) is 70.7 Å². The first kappa shape index (κ1) is 19.1. The van der Waals surface area contributed by atoms with Crippen LogP contribution in [0.2, 0.25) is 0 Å². The molecule has 0 aromatic heterocycles. The molecule has 24 heavy (non-hydrogen) atoms. The molecule has 1 fully saturated rings. The van der Waals surface area contributed by atoms with Gasteiger partial charge in [-0.25, -0.2) is 12.7 Å². The number of thiocarbonyl (C=S) groups is 1. The van der Waals surface area contributed by atoms with Crippen molar-refractivity contribution in [2.45, 2.75) is 37.7 Å². The Labute approximate surface area is 149 Å². The van der Waals surface area contributed by atoms with E-state index in [1.165, 1.54) is 18.4 Å². The summed E-state index contributed by atoms with van der Waals surface area (Å²) in [5, 5.41) is 6.71. The van der Waals surface area contributed by atoms with Crippen LogP contribution in [0.25, 0.3) is 0 Å². The quantitative estimate of drug-likeness (QED) is 0.772. The van der Waals surface area contributed by atoms with Crippen molar-refractivity contribution in [3.05, 3.63) is 23.3 Å². The van der Waals surface area contributed by atoms with E-state index in [1.807, 2.05) is 13.8 Å². The van der Waals surface area contributed by atoms with Gasteiger partial charge in [0.2, 0.25) is 10.0 Å². The maximum atomic E-state index is 12.4. The molecule has 0 spiro atoms. The highest BCUT2D eigenvalue weighted by molar-refractivity contribution is 7.89. The predicted octanol–water partition coefficient (Wildman–Crippen LogP) is 2.02. The van der Waals surface area contributed by atoms with Crippen LogP contribution in [0.4, 0.5) is 5.69 Å². The van der Waals surface area contributed by atoms with Gasteiger partial charge < -0.3 is 15.4 Å². The van der Waals surface area contributed by atoms with Crippen LogP contribution in [0, 0.1) is 13.8 Å². The summed E-state index contributed by atoms with van der Waals surface area (Å²) in [6.07, 6.45) is 2.30. The minimum absolute atomic E-state index is 0.188. The van der Waals surface area contributed by atoms with Crippen molar-refractivity contribution in [3.8, 4) is 0 Å². The van der Waals surface area contributed by atoms with Crippen LogP contribution in [0.15, 0.2) is 17.0 Å². The average Bonchev–Trinajstić information content (AvgIpc) is 3.02. The SMILES string of the molecule is Cc1cc(S(=O)(=O)N(C)C)cc(NC(=S)NC[C@H]2CCCO2)c1C. The van der Waals surface area contributed by atoms with Crippen LogP contribution in [-0.2, 0) is 14.8 Å². The fraction of sp³-hybridized carbons (Fsp3) is 0.562. The second kappa shape index (κ2) is 7.77. The normalized spacial score (nSPS) is 18.0. The lowest BCUT2D eigenvalue weighted by Crippen LogP contribution is -2.35. The molecule has 134 valence electrons. The second-order valence-electron chi connectivity index (χ2n) is 6.17. The number of sulfonamides is 1. The van der Waals surface area contributed by atoms with E-state index < -0.39 is 10.0 Å². The third kappa shape index (κ3) is 4.44. The lowest BCUT2D eigenvalue weighted by Gasteiger charge is -2.18. The summed E-state index contributed by atoms with van der Waals surface area (Å²) in [6, 6.07) is 3.30. The Balaban J connectivity index is 2.14. The molecule has 8 heteroatoms. The van der Waals surface area contributed by atoms with Crippen LogP contribution < -0.4 is 10.6 Å². The first-order chi connectivity index (χ1) is 11.2. The van der Waals surface area contributed by atoms with Crippen molar-refractivity contribution in [2.75, 3.05) is 32.6 Å². The smallest absolute Gasteiger partial charge is 0.242 e. The molecule has 0 aliphatic carbocycles. The highest BCUT2D eigenvalue weighted by atomic mass is 32.2. The van der Waals surface area contributed by atoms with E-state index in [2.05, 4.69) is 10.6 Å². The number of hydrogen-bond acceptors (Lipinski definition) is 4. The monoisotopic (exact) mass is 371 g/mol. The van der Waals surface area contributed by atoms with E-state index >= 15 is 0 Å². The van der Waals surface area contributed by atoms with Gasteiger partial charge in [-0.2, -0.15) is 0 Å². The molecule has 0 amide bonds. The molecular formula is C16H25N3O3S2. The Bertz CT molecular complexity index is 712. The van der Waals surface area contributed by atoms with E-state index in [9.17, 15) is 8.42 Å². The fourth-order valence-corrected chi connectivity index (χ4v) is 3.70. The van der Waals surface area contributed by atoms with E-state index in [-0.39, 0.29) is 11.0 Å². The molecule has 1 saturated heterocycles. The van der Waals surface area contributed by atoms with Crippen molar-refractivity contribution in [1.29, 1.82) is 0 Å². The summed E-state index contributed by atoms with van der Waals surface area (Å²) in [6.45, 7) is 5.28. The molecule has 0 radical (unpaired) electrons. The number of rotatable bonds is 5. The van der Waals surface area contributed by atoms with Crippen LogP contribution in [0.3, 0.4) is 0 Å². The van der Waals surface area contributed by atoms with Gasteiger partial charge >= 0.3 is 0 Å². The summed E-state index contributed by atoms with van der Waals surface area (Å²) in [5.74, 6) is 0. The molecule has 0 unspecified atom stereocenters. The van der Waals surface area contributed by atoms with Gasteiger partial charge in [0.05, 0.1) is 11.0 Å². The van der Waals surface area contributed by atoms with Crippen LogP contribution in [0.5, 0.6) is 0 Å². The molecule has 1 aliphatic rings. The highest BCUT2D eigenvalue weighted by Gasteiger charge is 2.20. The van der Waals surface area contributed by atoms with Gasteiger partial charge in [-0.05, 0) is 62.2 Å². The summed E-state index contributed by atoms with van der Waals surface area (Å²) in [7, 11) is -0.452. The standard InChI is InChI=1S/C16H25N3O3S2/c1-11-8-14(24(20,21)19(3)4)9-15(12(11)2)18-16(23)17-10-13-6-5-7-22-13/h8-9,13H,5-7,10H2,1-4H3,(H2,17,18,23)/t13-/m1/s1. The Kier molecular flexibility index (Phi) is 6.19. The van der Waals surface area contributed by atoms with E-state index in [1.54, 1.807) is 12.1 Å². The Morgan fingerprint density at radius 1 is 1.38 bits per heavy atom. The van der Waals surface area contributed by atoms with Gasteiger partial charge in [0.15, 0.2) is 5.11 Å². The van der Waals surface area contributed by atoms with Crippen molar-refractivity contribution < 1.29 is 13.2 Å². The second-order valence-corrected chi connectivity index (χ2v) is 8.73. The van der Waals surface area contributed by atoms with Gasteiger partial charge in [0.25, 0.3) is 0 Å². The van der Waals surface area contributed by atoms with Gasteiger partial charge in [0, 0.05) is 32.9 Å². The van der Waals surface area contributed by atoms with Gasteiger partial charge in [0.1, 0.15) is 0 Å². The van der Waals surface area contributed by atoms with E-state index in [4.69, 9.17) is 17.0 Å². The molecule has 1 aromatic rings. The van der Waals surface area contributed by atoms with Crippen molar-refractivity contribution in [1.82, 2.24) is 9.62 Å². The third-order valence-electron chi connectivity index (χ3n) is 4.18. The number of ether oxygens (including phenoxy) is 1. The molecule has 1 heterocycles. The van der Waals surface area contributed by atoms with Crippen molar-refractivity contribution in [3.63, 3.8) is 0 Å². The molecule has 6 nitrogen and oxygen atoms in total. The molecule has 2 rings (SSSR count). The fourth-order valence-electron chi connectivity index (χ4n) is 2.49. The van der Waals surface area contributed by atoms with Crippen LogP contribution in [0.1, 0.15) is 24.0 Å². The summed E-state index contributed by atoms with van der Waals surface area (Å²) < 4.78 is 31.5. The zero-order valence-electron chi connectivity index (χ0n) is 14.5. The Hall–Kier alpha value is -1.22. The van der Waals surface area contributed by atoms with Crippen molar-refractivity contribution in [2.24, 2.45) is 0 Å². The van der Waals surface area contributed by atoms with Crippen LogP contribution >= 0.6 is 12.2 Å². The first-order valence-electron chi connectivity index (χ1n) is 7.92. The summed E-state index contributed by atoms with van der Waals surface area (Å²) in [5.41, 5.74) is 2.55. The summed E-state index contributed by atoms with van der Waals surface area (Å²) >= 11 is 5.32. The number of nitrogens with zero attached hydrogens (tertiary/aromatic N) is 1. The summed E-state index contributed by atoms with van der Waals surface area (Å²) in [4.78, 5) is 0.250. The molecule has 0 saturated carbocycles. The number of anilines is 1. The van der Waals surface area contributed by atoms with Crippen molar-refractivity contribution >= 4 is 33.0 Å². The Morgan fingerprint density at radius 3 is 2.67 bits per heavy atom. The zero-order valence-corrected chi connectivity index (χ0v) is 16.2. The highest BCUT2D eigenvalue weighted by Crippen LogP contribution is 2.25. The third-order valence-corrected chi connectivity index (χ3v) is 6.22.